The fourth-order valence-electron chi connectivity index (χ4n) is 7.18. The summed E-state index contributed by atoms with van der Waals surface area (Å²) in [4.78, 5) is 140. The molecule has 2 fully saturated rings. The van der Waals surface area contributed by atoms with Crippen LogP contribution in [-0.2, 0) is 47.9 Å². The highest BCUT2D eigenvalue weighted by Crippen LogP contribution is 2.24. The van der Waals surface area contributed by atoms with Crippen molar-refractivity contribution in [1.82, 2.24) is 47.0 Å². The van der Waals surface area contributed by atoms with Gasteiger partial charge in [0.05, 0.1) is 19.5 Å². The predicted octanol–water partition coefficient (Wildman–Crippen LogP) is -3.08. The Labute approximate surface area is 367 Å². The second-order valence-electron chi connectivity index (χ2n) is 16.7. The number of nitrogens with two attached hydrogens (primary N) is 2. The van der Waals surface area contributed by atoms with Gasteiger partial charge in [0.25, 0.3) is 0 Å². The second kappa shape index (κ2) is 26.4. The summed E-state index contributed by atoms with van der Waals surface area (Å²) < 4.78 is 0. The zero-order valence-corrected chi connectivity index (χ0v) is 37.3. The van der Waals surface area contributed by atoms with Crippen LogP contribution < -0.4 is 48.7 Å². The number of amides is 9. The lowest BCUT2D eigenvalue weighted by molar-refractivity contribution is -0.149. The predicted molar refractivity (Wildman–Crippen MR) is 229 cm³/mol. The van der Waals surface area contributed by atoms with Gasteiger partial charge >= 0.3 is 5.97 Å². The van der Waals surface area contributed by atoms with Crippen LogP contribution in [0.3, 0.4) is 0 Å². The molecule has 9 amide bonds. The number of hydrogen-bond donors (Lipinski definition) is 10. The van der Waals surface area contributed by atoms with Gasteiger partial charge in [-0.1, -0.05) is 27.7 Å². The molecule has 0 bridgehead atoms. The highest BCUT2D eigenvalue weighted by molar-refractivity contribution is 5.98. The molecule has 0 saturated carbocycles. The number of guanidine groups is 1. The third-order valence-electron chi connectivity index (χ3n) is 10.3. The third kappa shape index (κ3) is 18.9. The highest BCUT2D eigenvalue weighted by atomic mass is 16.4. The van der Waals surface area contributed by atoms with E-state index in [1.54, 1.807) is 27.7 Å². The Bertz CT molecular complexity index is 1690. The molecule has 12 N–H and O–H groups in total. The number of carbonyl (C=O) groups is 10. The van der Waals surface area contributed by atoms with Gasteiger partial charge in [-0.25, -0.2) is 0 Å². The summed E-state index contributed by atoms with van der Waals surface area (Å²) in [5.41, 5.74) is 10.8. The summed E-state index contributed by atoms with van der Waals surface area (Å²) in [6.07, 6.45) is 0.916. The Morgan fingerprint density at radius 3 is 1.92 bits per heavy atom. The van der Waals surface area contributed by atoms with Crippen molar-refractivity contribution in [2.24, 2.45) is 28.3 Å². The fraction of sp³-hybridized carbons (Fsp3) is 0.725. The zero-order chi connectivity index (χ0) is 47.4. The second-order valence-corrected chi connectivity index (χ2v) is 16.7. The molecule has 2 rings (SSSR count). The number of carboxylic acids is 1. The Kier molecular flexibility index (Phi) is 22.3. The number of unbranched alkanes of at least 4 members (excludes halogenated alkanes) is 1. The molecule has 2 aliphatic rings. The molecular weight excluding hydrogens is 825 g/mol. The van der Waals surface area contributed by atoms with Gasteiger partial charge in [-0.15, -0.1) is 0 Å². The zero-order valence-electron chi connectivity index (χ0n) is 37.3. The Balaban J connectivity index is 2.61. The van der Waals surface area contributed by atoms with Crippen LogP contribution >= 0.6 is 0 Å². The van der Waals surface area contributed by atoms with Crippen molar-refractivity contribution in [2.75, 3.05) is 39.3 Å². The molecule has 0 aliphatic carbocycles. The van der Waals surface area contributed by atoms with E-state index < -0.39 is 109 Å². The van der Waals surface area contributed by atoms with Gasteiger partial charge in [-0.05, 0) is 70.1 Å². The molecule has 0 aromatic heterocycles. The van der Waals surface area contributed by atoms with Crippen molar-refractivity contribution in [1.29, 1.82) is 0 Å². The fourth-order valence-corrected chi connectivity index (χ4v) is 7.18. The minimum atomic E-state index is -1.70. The van der Waals surface area contributed by atoms with Crippen molar-refractivity contribution in [3.63, 3.8) is 0 Å². The number of fused-ring (bicyclic) bond motifs is 1. The Morgan fingerprint density at radius 2 is 1.33 bits per heavy atom. The average Bonchev–Trinajstić information content (AvgIpc) is 3.69. The molecule has 23 heteroatoms. The highest BCUT2D eigenvalue weighted by Gasteiger charge is 2.42. The maximum absolute atomic E-state index is 14.4. The summed E-state index contributed by atoms with van der Waals surface area (Å²) in [6, 6.07) is -7.62. The summed E-state index contributed by atoms with van der Waals surface area (Å²) >= 11 is 0. The van der Waals surface area contributed by atoms with E-state index in [4.69, 9.17) is 11.5 Å². The first-order chi connectivity index (χ1) is 29.6. The van der Waals surface area contributed by atoms with Gasteiger partial charge in [0.15, 0.2) is 5.96 Å². The molecule has 354 valence electrons. The van der Waals surface area contributed by atoms with E-state index in [2.05, 4.69) is 42.2 Å². The van der Waals surface area contributed by atoms with Crippen molar-refractivity contribution in [3.05, 3.63) is 0 Å². The summed E-state index contributed by atoms with van der Waals surface area (Å²) in [5.74, 6) is -8.38. The van der Waals surface area contributed by atoms with Gasteiger partial charge in [-0.2, -0.15) is 0 Å². The number of nitrogens with zero attached hydrogens (tertiary/aromatic N) is 3. The van der Waals surface area contributed by atoms with Crippen molar-refractivity contribution in [2.45, 2.75) is 136 Å². The first kappa shape index (κ1) is 53.1. The lowest BCUT2D eigenvalue weighted by Gasteiger charge is -2.35. The summed E-state index contributed by atoms with van der Waals surface area (Å²) in [7, 11) is 0. The van der Waals surface area contributed by atoms with Crippen molar-refractivity contribution >= 4 is 65.1 Å². The minimum absolute atomic E-state index is 0.0259. The van der Waals surface area contributed by atoms with Crippen LogP contribution in [0.15, 0.2) is 4.99 Å². The molecule has 0 spiro atoms. The topological polar surface area (TPSA) is 346 Å². The molecule has 23 nitrogen and oxygen atoms in total. The molecular formula is C40H68N12O11. The first-order valence-corrected chi connectivity index (χ1v) is 21.5. The largest absolute Gasteiger partial charge is 0.481 e. The van der Waals surface area contributed by atoms with E-state index >= 15 is 0 Å². The molecule has 2 heterocycles. The Morgan fingerprint density at radius 1 is 0.762 bits per heavy atom. The SMILES string of the molecule is CC(=O)NCCCCN1C(=O)[C@H]2CCCN2C(=O)[C@H](CC(C)C)NC(=O)[C@H](CC(=O)O)NC(=O)CNC(=O)[C@H](CCCN=C(N)N)NC(=O)[C@H](CC(C)C)NC(=O)CNC(=O)[C@@H]1C. The number of rotatable bonds is 15. The van der Waals surface area contributed by atoms with E-state index in [0.29, 0.717) is 25.8 Å². The molecule has 0 radical (unpaired) electrons. The lowest BCUT2D eigenvalue weighted by Crippen LogP contribution is -2.60. The Hall–Kier alpha value is -6.03. The molecule has 63 heavy (non-hydrogen) atoms. The molecule has 2 aliphatic heterocycles. The first-order valence-electron chi connectivity index (χ1n) is 21.5. The maximum atomic E-state index is 14.4. The molecule has 2 saturated heterocycles. The molecule has 0 aromatic carbocycles. The summed E-state index contributed by atoms with van der Waals surface area (Å²) in [6.45, 7) is 9.25. The summed E-state index contributed by atoms with van der Waals surface area (Å²) in [5, 5.41) is 27.4. The number of carbonyl (C=O) groups excluding carboxylic acids is 9. The van der Waals surface area contributed by atoms with Crippen molar-refractivity contribution < 1.29 is 53.1 Å². The van der Waals surface area contributed by atoms with Crippen LogP contribution in [0.25, 0.3) is 0 Å². The van der Waals surface area contributed by atoms with E-state index in [1.165, 1.54) is 23.6 Å². The molecule has 0 unspecified atom stereocenters. The normalized spacial score (nSPS) is 24.0. The maximum Gasteiger partial charge on any atom is 0.305 e. The number of hydrogen-bond acceptors (Lipinski definition) is 11. The van der Waals surface area contributed by atoms with E-state index in [1.807, 2.05) is 0 Å². The van der Waals surface area contributed by atoms with Crippen LogP contribution in [0.1, 0.15) is 99.3 Å². The number of nitrogens with one attached hydrogen (secondary N) is 7. The third-order valence-corrected chi connectivity index (χ3v) is 10.3. The molecule has 6 atom stereocenters. The van der Waals surface area contributed by atoms with Crippen LogP contribution in [0.4, 0.5) is 0 Å². The number of carboxylic acid groups (broad SMARTS) is 1. The number of aliphatic imine (C=N–C) groups is 1. The van der Waals surface area contributed by atoms with Gasteiger partial charge in [0, 0.05) is 33.1 Å². The van der Waals surface area contributed by atoms with Gasteiger partial charge in [0.1, 0.15) is 36.3 Å². The van der Waals surface area contributed by atoms with Crippen molar-refractivity contribution in [3.8, 4) is 0 Å². The van der Waals surface area contributed by atoms with Crippen LogP contribution in [0.5, 0.6) is 0 Å². The van der Waals surface area contributed by atoms with Crippen LogP contribution in [0, 0.1) is 11.8 Å². The van der Waals surface area contributed by atoms with Crippen LogP contribution in [0.2, 0.25) is 0 Å². The van der Waals surface area contributed by atoms with E-state index in [9.17, 15) is 53.1 Å². The van der Waals surface area contributed by atoms with E-state index in [0.717, 1.165) is 0 Å². The van der Waals surface area contributed by atoms with E-state index in [-0.39, 0.29) is 75.4 Å². The van der Waals surface area contributed by atoms with Gasteiger partial charge < -0.3 is 63.6 Å². The number of aliphatic carboxylic acids is 1. The smallest absolute Gasteiger partial charge is 0.305 e. The quantitative estimate of drug-likeness (QED) is 0.0444. The van der Waals surface area contributed by atoms with Gasteiger partial charge in [-0.3, -0.25) is 52.9 Å². The standard InChI is InChI=1S/C40H68N12O11/c1-22(2)17-27-36(60)49-26(11-9-14-44-40(41)42)35(59)46-21-32(55)48-28(19-33(56)57)37(61)50-29(18-23(3)4)38(62)52-16-10-12-30(52)39(63)51(15-8-7-13-43-25(6)53)24(5)34(58)45-20-31(54)47-27/h22-24,26-30H,7-21H2,1-6H3,(H,43,53)(H,45,58)(H,46,59)(H,47,54)(H,48,55)(H,49,60)(H,50,61)(H,56,57)(H4,41,42,44)/t24-,26-,27-,28-,29-,30+/m0/s1. The van der Waals surface area contributed by atoms with Gasteiger partial charge in [0.2, 0.25) is 53.2 Å². The van der Waals surface area contributed by atoms with Crippen LogP contribution in [-0.4, -0.2) is 156 Å². The minimum Gasteiger partial charge on any atom is -0.481 e. The average molecular weight is 893 g/mol. The lowest BCUT2D eigenvalue weighted by atomic mass is 10.0. The monoisotopic (exact) mass is 893 g/mol. The molecule has 0 aromatic rings.